The van der Waals surface area contributed by atoms with Crippen LogP contribution in [0.25, 0.3) is 0 Å². The smallest absolute Gasteiger partial charge is 0.158 e. The first-order valence-electron chi connectivity index (χ1n) is 8.14. The molecule has 0 amide bonds. The maximum absolute atomic E-state index is 6.21. The highest BCUT2D eigenvalue weighted by atomic mass is 16.7. The fourth-order valence-electron chi connectivity index (χ4n) is 3.00. The van der Waals surface area contributed by atoms with Crippen molar-refractivity contribution in [2.24, 2.45) is 5.92 Å². The minimum Gasteiger partial charge on any atom is -0.497 e. The molecule has 0 aromatic heterocycles. The molecule has 0 spiro atoms. The van der Waals surface area contributed by atoms with Crippen LogP contribution in [0.5, 0.6) is 5.75 Å². The Morgan fingerprint density at radius 2 is 1.67 bits per heavy atom. The number of ether oxygens (including phenoxy) is 3. The predicted octanol–water partition coefficient (Wildman–Crippen LogP) is 4.71. The van der Waals surface area contributed by atoms with E-state index in [0.717, 1.165) is 31.4 Å². The molecule has 3 heteroatoms. The van der Waals surface area contributed by atoms with E-state index in [0.29, 0.717) is 5.92 Å². The zero-order chi connectivity index (χ0) is 15.2. The zero-order valence-electron chi connectivity index (χ0n) is 13.7. The van der Waals surface area contributed by atoms with Crippen molar-refractivity contribution < 1.29 is 14.2 Å². The summed E-state index contributed by atoms with van der Waals surface area (Å²) in [5.74, 6) is 1.25. The van der Waals surface area contributed by atoms with Crippen LogP contribution in [-0.2, 0) is 9.47 Å². The number of hydrogen-bond acceptors (Lipinski definition) is 3. The minimum atomic E-state index is -0.0742. The molecule has 3 nitrogen and oxygen atoms in total. The number of rotatable bonds is 6. The Labute approximate surface area is 128 Å². The molecule has 1 aliphatic heterocycles. The monoisotopic (exact) mass is 292 g/mol. The first-order chi connectivity index (χ1) is 10.2. The largest absolute Gasteiger partial charge is 0.497 e. The highest BCUT2D eigenvalue weighted by Crippen LogP contribution is 2.38. The van der Waals surface area contributed by atoms with E-state index in [9.17, 15) is 0 Å². The summed E-state index contributed by atoms with van der Waals surface area (Å²) in [5.41, 5.74) is 1.22. The number of hydrogen-bond donors (Lipinski definition) is 0. The van der Waals surface area contributed by atoms with Crippen molar-refractivity contribution in [1.82, 2.24) is 0 Å². The third-order valence-corrected chi connectivity index (χ3v) is 4.23. The summed E-state index contributed by atoms with van der Waals surface area (Å²) in [6.45, 7) is 6.61. The van der Waals surface area contributed by atoms with Crippen LogP contribution in [0.3, 0.4) is 0 Å². The van der Waals surface area contributed by atoms with E-state index in [1.807, 2.05) is 12.1 Å². The van der Waals surface area contributed by atoms with Gasteiger partial charge in [-0.3, -0.25) is 0 Å². The van der Waals surface area contributed by atoms with Crippen molar-refractivity contribution in [3.8, 4) is 5.75 Å². The summed E-state index contributed by atoms with van der Waals surface area (Å²) in [7, 11) is 1.69. The van der Waals surface area contributed by atoms with Gasteiger partial charge in [0, 0.05) is 5.92 Å². The van der Waals surface area contributed by atoms with Crippen molar-refractivity contribution in [3.05, 3.63) is 29.8 Å². The van der Waals surface area contributed by atoms with Gasteiger partial charge in [-0.1, -0.05) is 45.7 Å². The SMILES string of the molecule is CCC[C@@H]1O[C@H](CCC)[C@@H](C)[C@H](c2ccc(OC)cc2)O1. The summed E-state index contributed by atoms with van der Waals surface area (Å²) < 4.78 is 17.6. The first-order valence-corrected chi connectivity index (χ1v) is 8.14. The molecule has 1 fully saturated rings. The molecular weight excluding hydrogens is 264 g/mol. The van der Waals surface area contributed by atoms with Crippen LogP contribution in [-0.4, -0.2) is 19.5 Å². The summed E-state index contributed by atoms with van der Waals surface area (Å²) in [6, 6.07) is 8.23. The van der Waals surface area contributed by atoms with E-state index in [1.54, 1.807) is 7.11 Å². The van der Waals surface area contributed by atoms with E-state index in [1.165, 1.54) is 5.56 Å². The maximum atomic E-state index is 6.21. The highest BCUT2D eigenvalue weighted by molar-refractivity contribution is 5.29. The van der Waals surface area contributed by atoms with Crippen LogP contribution in [0.2, 0.25) is 0 Å². The van der Waals surface area contributed by atoms with Crippen molar-refractivity contribution in [1.29, 1.82) is 0 Å². The van der Waals surface area contributed by atoms with Gasteiger partial charge in [0.2, 0.25) is 0 Å². The first kappa shape index (κ1) is 16.3. The van der Waals surface area contributed by atoms with Gasteiger partial charge >= 0.3 is 0 Å². The zero-order valence-corrected chi connectivity index (χ0v) is 13.7. The molecule has 0 bridgehead atoms. The lowest BCUT2D eigenvalue weighted by Crippen LogP contribution is -2.40. The minimum absolute atomic E-state index is 0.0742. The molecule has 0 radical (unpaired) electrons. The normalized spacial score (nSPS) is 29.3. The maximum Gasteiger partial charge on any atom is 0.158 e. The second-order valence-electron chi connectivity index (χ2n) is 5.87. The van der Waals surface area contributed by atoms with Crippen LogP contribution in [0.15, 0.2) is 24.3 Å². The highest BCUT2D eigenvalue weighted by Gasteiger charge is 2.36. The molecule has 1 saturated heterocycles. The quantitative estimate of drug-likeness (QED) is 0.759. The molecule has 0 unspecified atom stereocenters. The topological polar surface area (TPSA) is 27.7 Å². The van der Waals surface area contributed by atoms with Gasteiger partial charge in [-0.25, -0.2) is 0 Å². The van der Waals surface area contributed by atoms with Crippen LogP contribution in [0, 0.1) is 5.92 Å². The van der Waals surface area contributed by atoms with E-state index < -0.39 is 0 Å². The van der Waals surface area contributed by atoms with Crippen molar-refractivity contribution in [2.75, 3.05) is 7.11 Å². The molecular formula is C18H28O3. The van der Waals surface area contributed by atoms with Gasteiger partial charge in [0.05, 0.1) is 19.3 Å². The lowest BCUT2D eigenvalue weighted by molar-refractivity contribution is -0.271. The fraction of sp³-hybridized carbons (Fsp3) is 0.667. The summed E-state index contributed by atoms with van der Waals surface area (Å²) in [5, 5.41) is 0. The standard InChI is InChI=1S/C18H28O3/c1-5-7-16-13(3)18(21-17(20-16)8-6-2)14-9-11-15(19-4)12-10-14/h9-13,16-18H,5-8H2,1-4H3/t13-,16-,17-,18-/m1/s1. The Kier molecular flexibility index (Phi) is 6.07. The average Bonchev–Trinajstić information content (AvgIpc) is 2.51. The number of methoxy groups -OCH3 is 1. The fourth-order valence-corrected chi connectivity index (χ4v) is 3.00. The Morgan fingerprint density at radius 3 is 2.24 bits per heavy atom. The molecule has 1 aromatic rings. The molecule has 1 heterocycles. The molecule has 4 atom stereocenters. The second-order valence-corrected chi connectivity index (χ2v) is 5.87. The molecule has 21 heavy (non-hydrogen) atoms. The van der Waals surface area contributed by atoms with Crippen molar-refractivity contribution >= 4 is 0 Å². The van der Waals surface area contributed by atoms with Gasteiger partial charge in [0.1, 0.15) is 5.75 Å². The Bertz CT molecular complexity index is 415. The number of benzene rings is 1. The molecule has 2 rings (SSSR count). The lowest BCUT2D eigenvalue weighted by Gasteiger charge is -2.41. The van der Waals surface area contributed by atoms with Crippen LogP contribution >= 0.6 is 0 Å². The molecule has 1 aliphatic rings. The molecule has 0 aliphatic carbocycles. The Morgan fingerprint density at radius 1 is 1.00 bits per heavy atom. The van der Waals surface area contributed by atoms with Gasteiger partial charge in [0.15, 0.2) is 6.29 Å². The average molecular weight is 292 g/mol. The van der Waals surface area contributed by atoms with Crippen LogP contribution in [0.1, 0.15) is 58.1 Å². The third kappa shape index (κ3) is 3.98. The molecule has 118 valence electrons. The van der Waals surface area contributed by atoms with E-state index >= 15 is 0 Å². The van der Waals surface area contributed by atoms with Gasteiger partial charge in [0.25, 0.3) is 0 Å². The van der Waals surface area contributed by atoms with Gasteiger partial charge in [-0.15, -0.1) is 0 Å². The second kappa shape index (κ2) is 7.81. The van der Waals surface area contributed by atoms with Gasteiger partial charge in [-0.2, -0.15) is 0 Å². The predicted molar refractivity (Wildman–Crippen MR) is 84.5 cm³/mol. The lowest BCUT2D eigenvalue weighted by atomic mass is 9.89. The third-order valence-electron chi connectivity index (χ3n) is 4.23. The van der Waals surface area contributed by atoms with Crippen molar-refractivity contribution in [3.63, 3.8) is 0 Å². The van der Waals surface area contributed by atoms with E-state index in [-0.39, 0.29) is 18.5 Å². The van der Waals surface area contributed by atoms with Crippen LogP contribution < -0.4 is 4.74 Å². The van der Waals surface area contributed by atoms with E-state index in [4.69, 9.17) is 14.2 Å². The van der Waals surface area contributed by atoms with Crippen molar-refractivity contribution in [2.45, 2.75) is 65.0 Å². The molecule has 0 N–H and O–H groups in total. The summed E-state index contributed by atoms with van der Waals surface area (Å²) >= 11 is 0. The summed E-state index contributed by atoms with van der Waals surface area (Å²) in [6.07, 6.45) is 4.59. The Hall–Kier alpha value is -1.06. The van der Waals surface area contributed by atoms with Gasteiger partial charge < -0.3 is 14.2 Å². The van der Waals surface area contributed by atoms with Gasteiger partial charge in [-0.05, 0) is 30.5 Å². The Balaban J connectivity index is 2.16. The van der Waals surface area contributed by atoms with Crippen LogP contribution in [0.4, 0.5) is 0 Å². The van der Waals surface area contributed by atoms with E-state index in [2.05, 4.69) is 32.9 Å². The molecule has 0 saturated carbocycles. The summed E-state index contributed by atoms with van der Waals surface area (Å²) in [4.78, 5) is 0. The molecule has 1 aromatic carbocycles.